The molecular formula is C21H25N3O4. The minimum Gasteiger partial charge on any atom is -0.352 e. The fraction of sp³-hybridized carbons (Fsp3) is 0.333. The van der Waals surface area contributed by atoms with Gasteiger partial charge in [0.25, 0.3) is 11.6 Å². The Balaban J connectivity index is 1.86. The van der Waals surface area contributed by atoms with Gasteiger partial charge in [0.15, 0.2) is 0 Å². The van der Waals surface area contributed by atoms with E-state index in [4.69, 9.17) is 0 Å². The maximum atomic E-state index is 12.2. The lowest BCUT2D eigenvalue weighted by atomic mass is 9.87. The van der Waals surface area contributed by atoms with Gasteiger partial charge in [0.2, 0.25) is 5.91 Å². The van der Waals surface area contributed by atoms with Crippen LogP contribution in [0.5, 0.6) is 0 Å². The van der Waals surface area contributed by atoms with Crippen molar-refractivity contribution in [2.75, 3.05) is 11.9 Å². The van der Waals surface area contributed by atoms with Gasteiger partial charge in [0.05, 0.1) is 4.92 Å². The smallest absolute Gasteiger partial charge is 0.274 e. The maximum absolute atomic E-state index is 12.2. The molecule has 0 aliphatic rings. The number of hydrogen-bond acceptors (Lipinski definition) is 4. The Morgan fingerprint density at radius 1 is 1.07 bits per heavy atom. The van der Waals surface area contributed by atoms with Crippen molar-refractivity contribution in [3.63, 3.8) is 0 Å². The lowest BCUT2D eigenvalue weighted by molar-refractivity contribution is -0.385. The molecule has 148 valence electrons. The van der Waals surface area contributed by atoms with Crippen LogP contribution in [-0.4, -0.2) is 23.3 Å². The van der Waals surface area contributed by atoms with Gasteiger partial charge < -0.3 is 10.6 Å². The molecule has 0 saturated heterocycles. The highest BCUT2D eigenvalue weighted by Gasteiger charge is 2.15. The number of aryl methyl sites for hydroxylation is 1. The van der Waals surface area contributed by atoms with Gasteiger partial charge in [-0.3, -0.25) is 19.7 Å². The summed E-state index contributed by atoms with van der Waals surface area (Å²) >= 11 is 0. The van der Waals surface area contributed by atoms with Crippen molar-refractivity contribution in [2.24, 2.45) is 0 Å². The number of benzene rings is 2. The molecule has 7 heteroatoms. The normalized spacial score (nSPS) is 11.0. The van der Waals surface area contributed by atoms with Crippen molar-refractivity contribution < 1.29 is 14.5 Å². The van der Waals surface area contributed by atoms with Crippen LogP contribution in [0.2, 0.25) is 0 Å². The first-order chi connectivity index (χ1) is 13.1. The lowest BCUT2D eigenvalue weighted by Crippen LogP contribution is -2.27. The van der Waals surface area contributed by atoms with Crippen LogP contribution in [0.25, 0.3) is 0 Å². The molecular weight excluding hydrogens is 358 g/mol. The zero-order chi connectivity index (χ0) is 20.9. The summed E-state index contributed by atoms with van der Waals surface area (Å²) in [5, 5.41) is 16.3. The van der Waals surface area contributed by atoms with Crippen LogP contribution in [0, 0.1) is 17.0 Å². The van der Waals surface area contributed by atoms with Gasteiger partial charge in [-0.25, -0.2) is 0 Å². The first-order valence-electron chi connectivity index (χ1n) is 9.01. The molecule has 2 aromatic carbocycles. The van der Waals surface area contributed by atoms with Crippen molar-refractivity contribution in [1.29, 1.82) is 0 Å². The standard InChI is InChI=1S/C21H25N3O4/c1-14-5-10-17(13-18(14)24(27)28)23-19(25)11-12-22-20(26)15-6-8-16(9-7-15)21(2,3)4/h5-10,13H,11-12H2,1-4H3,(H,22,26)(H,23,25). The number of rotatable bonds is 6. The minimum absolute atomic E-state index is 0.0120. The summed E-state index contributed by atoms with van der Waals surface area (Å²) in [6.45, 7) is 8.10. The number of anilines is 1. The van der Waals surface area contributed by atoms with Crippen LogP contribution in [-0.2, 0) is 10.2 Å². The van der Waals surface area contributed by atoms with Gasteiger partial charge in [-0.1, -0.05) is 39.0 Å². The Morgan fingerprint density at radius 2 is 1.71 bits per heavy atom. The van der Waals surface area contributed by atoms with E-state index in [-0.39, 0.29) is 35.9 Å². The highest BCUT2D eigenvalue weighted by molar-refractivity contribution is 5.95. The van der Waals surface area contributed by atoms with Gasteiger partial charge in [-0.2, -0.15) is 0 Å². The van der Waals surface area contributed by atoms with Gasteiger partial charge >= 0.3 is 0 Å². The predicted octanol–water partition coefficient (Wildman–Crippen LogP) is 3.96. The number of carbonyl (C=O) groups is 2. The van der Waals surface area contributed by atoms with E-state index < -0.39 is 4.92 Å². The molecule has 0 bridgehead atoms. The van der Waals surface area contributed by atoms with Crippen molar-refractivity contribution in [1.82, 2.24) is 5.32 Å². The number of nitrogens with zero attached hydrogens (tertiary/aromatic N) is 1. The van der Waals surface area contributed by atoms with Crippen molar-refractivity contribution in [3.05, 3.63) is 69.3 Å². The second kappa shape index (κ2) is 8.65. The molecule has 2 rings (SSSR count). The Bertz CT molecular complexity index is 884. The molecule has 0 atom stereocenters. The summed E-state index contributed by atoms with van der Waals surface area (Å²) in [4.78, 5) is 34.7. The molecule has 0 saturated carbocycles. The van der Waals surface area contributed by atoms with Crippen LogP contribution >= 0.6 is 0 Å². The van der Waals surface area contributed by atoms with E-state index >= 15 is 0 Å². The molecule has 28 heavy (non-hydrogen) atoms. The molecule has 0 aromatic heterocycles. The molecule has 0 aliphatic carbocycles. The summed E-state index contributed by atoms with van der Waals surface area (Å²) in [6, 6.07) is 11.9. The van der Waals surface area contributed by atoms with Gasteiger partial charge in [-0.05, 0) is 36.1 Å². The minimum atomic E-state index is -0.490. The Kier molecular flexibility index (Phi) is 6.51. The van der Waals surface area contributed by atoms with E-state index in [0.717, 1.165) is 5.56 Å². The SMILES string of the molecule is Cc1ccc(NC(=O)CCNC(=O)c2ccc(C(C)(C)C)cc2)cc1[N+](=O)[O-]. The Labute approximate surface area is 164 Å². The van der Waals surface area contributed by atoms with E-state index in [9.17, 15) is 19.7 Å². The van der Waals surface area contributed by atoms with Gasteiger partial charge in [0.1, 0.15) is 0 Å². The van der Waals surface area contributed by atoms with Crippen molar-refractivity contribution in [2.45, 2.75) is 39.5 Å². The maximum Gasteiger partial charge on any atom is 0.274 e. The molecule has 2 N–H and O–H groups in total. The number of hydrogen-bond donors (Lipinski definition) is 2. The average molecular weight is 383 g/mol. The monoisotopic (exact) mass is 383 g/mol. The van der Waals surface area contributed by atoms with E-state index in [0.29, 0.717) is 16.8 Å². The molecule has 2 aromatic rings. The number of nitrogens with one attached hydrogen (secondary N) is 2. The summed E-state index contributed by atoms with van der Waals surface area (Å²) in [5.41, 5.74) is 2.50. The number of amides is 2. The van der Waals surface area contributed by atoms with Crippen LogP contribution in [0.1, 0.15) is 48.7 Å². The van der Waals surface area contributed by atoms with Crippen LogP contribution in [0.3, 0.4) is 0 Å². The third kappa shape index (κ3) is 5.64. The summed E-state index contributed by atoms with van der Waals surface area (Å²) in [7, 11) is 0. The summed E-state index contributed by atoms with van der Waals surface area (Å²) in [6.07, 6.45) is 0.0630. The summed E-state index contributed by atoms with van der Waals surface area (Å²) < 4.78 is 0. The largest absolute Gasteiger partial charge is 0.352 e. The predicted molar refractivity (Wildman–Crippen MR) is 109 cm³/mol. The van der Waals surface area contributed by atoms with Crippen molar-refractivity contribution >= 4 is 23.2 Å². The number of nitro groups is 1. The quantitative estimate of drug-likeness (QED) is 0.582. The molecule has 0 fully saturated rings. The number of nitro benzene ring substituents is 1. The van der Waals surface area contributed by atoms with E-state index in [1.54, 1.807) is 31.2 Å². The third-order valence-corrected chi connectivity index (χ3v) is 4.34. The van der Waals surface area contributed by atoms with Crippen molar-refractivity contribution in [3.8, 4) is 0 Å². The highest BCUT2D eigenvalue weighted by atomic mass is 16.6. The highest BCUT2D eigenvalue weighted by Crippen LogP contribution is 2.23. The molecule has 2 amide bonds. The fourth-order valence-electron chi connectivity index (χ4n) is 2.62. The second-order valence-electron chi connectivity index (χ2n) is 7.64. The topological polar surface area (TPSA) is 101 Å². The van der Waals surface area contributed by atoms with Crippen LogP contribution in [0.4, 0.5) is 11.4 Å². The van der Waals surface area contributed by atoms with Crippen LogP contribution < -0.4 is 10.6 Å². The first kappa shape index (κ1) is 21.1. The second-order valence-corrected chi connectivity index (χ2v) is 7.64. The van der Waals surface area contributed by atoms with Gasteiger partial charge in [-0.15, -0.1) is 0 Å². The molecule has 0 heterocycles. The average Bonchev–Trinajstić information content (AvgIpc) is 2.62. The zero-order valence-electron chi connectivity index (χ0n) is 16.5. The summed E-state index contributed by atoms with van der Waals surface area (Å²) in [5.74, 6) is -0.583. The first-order valence-corrected chi connectivity index (χ1v) is 9.01. The van der Waals surface area contributed by atoms with E-state index in [1.807, 2.05) is 12.1 Å². The molecule has 0 spiro atoms. The number of carbonyl (C=O) groups excluding carboxylic acids is 2. The van der Waals surface area contributed by atoms with Crippen LogP contribution in [0.15, 0.2) is 42.5 Å². The lowest BCUT2D eigenvalue weighted by Gasteiger charge is -2.19. The molecule has 0 unspecified atom stereocenters. The van der Waals surface area contributed by atoms with E-state index in [2.05, 4.69) is 31.4 Å². The third-order valence-electron chi connectivity index (χ3n) is 4.34. The van der Waals surface area contributed by atoms with E-state index in [1.165, 1.54) is 6.07 Å². The fourth-order valence-corrected chi connectivity index (χ4v) is 2.62. The zero-order valence-corrected chi connectivity index (χ0v) is 16.5. The van der Waals surface area contributed by atoms with Gasteiger partial charge in [0, 0.05) is 35.8 Å². The Hall–Kier alpha value is -3.22. The molecule has 0 aliphatic heterocycles. The molecule has 0 radical (unpaired) electrons. The Morgan fingerprint density at radius 3 is 2.29 bits per heavy atom. The molecule has 7 nitrogen and oxygen atoms in total.